The number of halogens is 9. The Morgan fingerprint density at radius 2 is 1.15 bits per heavy atom. The number of benzene rings is 1. The van der Waals surface area contributed by atoms with Crippen LogP contribution in [-0.4, -0.2) is 52.9 Å². The van der Waals surface area contributed by atoms with Gasteiger partial charge in [-0.25, -0.2) is 0 Å². The minimum Gasteiger partial charge on any atom is -0.392 e. The van der Waals surface area contributed by atoms with Gasteiger partial charge in [0.15, 0.2) is 0 Å². The number of aliphatic hydroxyl groups is 1. The summed E-state index contributed by atoms with van der Waals surface area (Å²) in [6.07, 6.45) is -7.18. The van der Waals surface area contributed by atoms with E-state index in [1.807, 2.05) is 0 Å². The molecule has 0 saturated carbocycles. The van der Waals surface area contributed by atoms with Gasteiger partial charge in [0.25, 0.3) is 0 Å². The highest BCUT2D eigenvalue weighted by Crippen LogP contribution is 2.55. The molecule has 16 heteroatoms. The highest BCUT2D eigenvalue weighted by atomic mass is 32.2. The highest BCUT2D eigenvalue weighted by Gasteiger charge is 2.86. The average Bonchev–Trinajstić information content (AvgIpc) is 2.58. The molecule has 4 nitrogen and oxygen atoms in total. The summed E-state index contributed by atoms with van der Waals surface area (Å²) in [4.78, 5) is 0. The molecule has 0 aromatic heterocycles. The molecular weight excluding hydrogens is 527 g/mol. The standard InChI is InChI=1S/C17H23F9O4SSi2/c1-32(2,3)11-7-10(9-27)8-12(33(4,5)6)13(11)30-31(28,29)17(25,26)15(20,21)14(18,19)16(22,23)24/h7-8,27H,9H2,1-6H3. The Kier molecular flexibility index (Phi) is 7.61. The summed E-state index contributed by atoms with van der Waals surface area (Å²) in [6.45, 7) is 8.95. The van der Waals surface area contributed by atoms with Crippen molar-refractivity contribution in [2.75, 3.05) is 0 Å². The Morgan fingerprint density at radius 1 is 0.788 bits per heavy atom. The third kappa shape index (κ3) is 5.22. The topological polar surface area (TPSA) is 63.6 Å². The SMILES string of the molecule is C[Si](C)(C)c1cc(CO)cc([Si](C)(C)C)c1OS(=O)(=O)C(F)(F)C(F)(F)C(F)(F)C(F)(F)F. The minimum absolute atomic E-state index is 0.0308. The van der Waals surface area contributed by atoms with Crippen molar-refractivity contribution >= 4 is 36.6 Å². The summed E-state index contributed by atoms with van der Waals surface area (Å²) >= 11 is 0. The lowest BCUT2D eigenvalue weighted by atomic mass is 10.1. The molecule has 0 atom stereocenters. The van der Waals surface area contributed by atoms with E-state index in [1.165, 1.54) is 12.1 Å². The van der Waals surface area contributed by atoms with E-state index < -0.39 is 61.9 Å². The van der Waals surface area contributed by atoms with Crippen molar-refractivity contribution in [3.8, 4) is 5.75 Å². The first-order valence-corrected chi connectivity index (χ1v) is 17.6. The fraction of sp³-hybridized carbons (Fsp3) is 0.647. The van der Waals surface area contributed by atoms with E-state index in [4.69, 9.17) is 0 Å². The molecule has 1 aromatic carbocycles. The monoisotopic (exact) mass is 550 g/mol. The van der Waals surface area contributed by atoms with E-state index in [0.29, 0.717) is 0 Å². The Hall–Kier alpha value is -1.27. The van der Waals surface area contributed by atoms with Crippen LogP contribution < -0.4 is 14.6 Å². The second-order valence-electron chi connectivity index (χ2n) is 9.38. The molecule has 0 amide bonds. The lowest BCUT2D eigenvalue weighted by Gasteiger charge is -2.34. The molecule has 192 valence electrons. The molecule has 0 heterocycles. The fourth-order valence-corrected chi connectivity index (χ4v) is 6.85. The van der Waals surface area contributed by atoms with Crippen molar-refractivity contribution in [3.05, 3.63) is 17.7 Å². The van der Waals surface area contributed by atoms with Gasteiger partial charge in [-0.15, -0.1) is 0 Å². The Balaban J connectivity index is 3.89. The molecule has 0 spiro atoms. The third-order valence-electron chi connectivity index (χ3n) is 4.57. The van der Waals surface area contributed by atoms with Gasteiger partial charge in [-0.3, -0.25) is 0 Å². The van der Waals surface area contributed by atoms with Gasteiger partial charge in [-0.2, -0.15) is 47.9 Å². The van der Waals surface area contributed by atoms with Crippen LogP contribution in [0.3, 0.4) is 0 Å². The molecule has 1 aromatic rings. The van der Waals surface area contributed by atoms with Crippen molar-refractivity contribution in [2.24, 2.45) is 0 Å². The van der Waals surface area contributed by atoms with Gasteiger partial charge >= 0.3 is 33.4 Å². The molecule has 1 rings (SSSR count). The molecule has 0 saturated heterocycles. The molecular formula is C17H23F9O4SSi2. The minimum atomic E-state index is -7.39. The van der Waals surface area contributed by atoms with Crippen LogP contribution in [0.2, 0.25) is 39.3 Å². The number of hydrogen-bond donors (Lipinski definition) is 1. The molecule has 0 aliphatic heterocycles. The van der Waals surface area contributed by atoms with Crippen LogP contribution >= 0.6 is 0 Å². The molecule has 1 N–H and O–H groups in total. The van der Waals surface area contributed by atoms with E-state index in [1.54, 1.807) is 39.3 Å². The Bertz CT molecular complexity index is 960. The van der Waals surface area contributed by atoms with Crippen molar-refractivity contribution < 1.29 is 57.2 Å². The number of alkyl halides is 9. The van der Waals surface area contributed by atoms with Crippen LogP contribution in [-0.2, 0) is 16.7 Å². The molecule has 0 fully saturated rings. The zero-order valence-electron chi connectivity index (χ0n) is 18.3. The number of rotatable bonds is 8. The summed E-state index contributed by atoms with van der Waals surface area (Å²) in [5.74, 6) is -15.6. The molecule has 0 aliphatic carbocycles. The van der Waals surface area contributed by atoms with Crippen molar-refractivity contribution in [1.82, 2.24) is 0 Å². The van der Waals surface area contributed by atoms with E-state index in [-0.39, 0.29) is 15.9 Å². The van der Waals surface area contributed by atoms with Gasteiger partial charge in [0.1, 0.15) is 5.75 Å². The van der Waals surface area contributed by atoms with E-state index in [0.717, 1.165) is 0 Å². The maximum absolute atomic E-state index is 14.2. The summed E-state index contributed by atoms with van der Waals surface area (Å²) in [7, 11) is -12.6. The van der Waals surface area contributed by atoms with Crippen molar-refractivity contribution in [1.29, 1.82) is 0 Å². The van der Waals surface area contributed by atoms with Crippen LogP contribution in [0, 0.1) is 0 Å². The maximum Gasteiger partial charge on any atom is 0.460 e. The number of hydrogen-bond acceptors (Lipinski definition) is 4. The maximum atomic E-state index is 14.2. The zero-order chi connectivity index (χ0) is 26.6. The smallest absolute Gasteiger partial charge is 0.392 e. The van der Waals surface area contributed by atoms with Crippen molar-refractivity contribution in [3.63, 3.8) is 0 Å². The zero-order valence-corrected chi connectivity index (χ0v) is 21.2. The van der Waals surface area contributed by atoms with Crippen LogP contribution in [0.15, 0.2) is 12.1 Å². The van der Waals surface area contributed by atoms with Crippen LogP contribution in [0.4, 0.5) is 39.5 Å². The summed E-state index contributed by atoms with van der Waals surface area (Å²) in [5, 5.41) is 2.49. The van der Waals surface area contributed by atoms with Crippen LogP contribution in [0.25, 0.3) is 0 Å². The van der Waals surface area contributed by atoms with Gasteiger partial charge in [0.05, 0.1) is 22.8 Å². The first kappa shape index (κ1) is 29.8. The summed E-state index contributed by atoms with van der Waals surface area (Å²) in [6, 6.07) is 2.39. The van der Waals surface area contributed by atoms with Gasteiger partial charge < -0.3 is 9.29 Å². The Morgan fingerprint density at radius 3 is 1.42 bits per heavy atom. The molecule has 33 heavy (non-hydrogen) atoms. The lowest BCUT2D eigenvalue weighted by molar-refractivity contribution is -0.382. The van der Waals surface area contributed by atoms with Crippen LogP contribution in [0.1, 0.15) is 5.56 Å². The second kappa shape index (κ2) is 8.44. The van der Waals surface area contributed by atoms with Gasteiger partial charge in [-0.1, -0.05) is 51.4 Å². The molecule has 0 aliphatic rings. The molecule has 0 radical (unpaired) electrons. The first-order valence-electron chi connectivity index (χ1n) is 9.18. The fourth-order valence-electron chi connectivity index (χ4n) is 2.66. The van der Waals surface area contributed by atoms with Gasteiger partial charge in [0.2, 0.25) is 0 Å². The van der Waals surface area contributed by atoms with Gasteiger partial charge in [0, 0.05) is 0 Å². The van der Waals surface area contributed by atoms with Gasteiger partial charge in [-0.05, 0) is 15.9 Å². The van der Waals surface area contributed by atoms with E-state index in [2.05, 4.69) is 4.18 Å². The first-order chi connectivity index (χ1) is 14.3. The predicted molar refractivity (Wildman–Crippen MR) is 109 cm³/mol. The summed E-state index contributed by atoms with van der Waals surface area (Å²) < 4.78 is 148. The highest BCUT2D eigenvalue weighted by molar-refractivity contribution is 7.88. The molecule has 0 unspecified atom stereocenters. The second-order valence-corrected chi connectivity index (χ2v) is 21.0. The Labute approximate surface area is 186 Å². The normalized spacial score (nSPS) is 15.0. The van der Waals surface area contributed by atoms with Crippen LogP contribution in [0.5, 0.6) is 5.75 Å². The largest absolute Gasteiger partial charge is 0.460 e. The van der Waals surface area contributed by atoms with Crippen molar-refractivity contribution in [2.45, 2.75) is 69.2 Å². The lowest BCUT2D eigenvalue weighted by Crippen LogP contribution is -2.64. The third-order valence-corrected chi connectivity index (χ3v) is 9.82. The van der Waals surface area contributed by atoms with E-state index >= 15 is 0 Å². The quantitative estimate of drug-likeness (QED) is 0.296. The number of aliphatic hydroxyl groups excluding tert-OH is 1. The van der Waals surface area contributed by atoms with E-state index in [9.17, 15) is 53.0 Å². The summed E-state index contributed by atoms with van der Waals surface area (Å²) in [5.41, 5.74) is 0.218. The average molecular weight is 551 g/mol. The molecule has 0 bridgehead atoms. The predicted octanol–water partition coefficient (Wildman–Crippen LogP) is 4.40.